The first-order valence-electron chi connectivity index (χ1n) is 6.13. The van der Waals surface area contributed by atoms with E-state index in [1.54, 1.807) is 11.8 Å². The Kier molecular flexibility index (Phi) is 3.52. The SMILES string of the molecule is CC1(O)CCCN(c2nc(N)ncc2[N+](=O)[O-])CC1. The number of anilines is 2. The molecule has 1 aromatic rings. The summed E-state index contributed by atoms with van der Waals surface area (Å²) in [5, 5.41) is 21.0. The Morgan fingerprint density at radius 2 is 2.26 bits per heavy atom. The van der Waals surface area contributed by atoms with Crippen molar-refractivity contribution in [2.45, 2.75) is 31.8 Å². The van der Waals surface area contributed by atoms with E-state index in [0.29, 0.717) is 25.9 Å². The van der Waals surface area contributed by atoms with Crippen LogP contribution in [-0.4, -0.2) is 38.7 Å². The highest BCUT2D eigenvalue weighted by atomic mass is 16.6. The molecule has 1 unspecified atom stereocenters. The van der Waals surface area contributed by atoms with E-state index in [-0.39, 0.29) is 17.5 Å². The molecule has 0 aromatic carbocycles. The summed E-state index contributed by atoms with van der Waals surface area (Å²) in [6.45, 7) is 2.89. The van der Waals surface area contributed by atoms with E-state index >= 15 is 0 Å². The molecule has 8 nitrogen and oxygen atoms in total. The maximum atomic E-state index is 11.0. The van der Waals surface area contributed by atoms with Gasteiger partial charge in [-0.3, -0.25) is 10.1 Å². The Hall–Kier alpha value is -1.96. The average molecular weight is 267 g/mol. The van der Waals surface area contributed by atoms with Crippen LogP contribution < -0.4 is 10.6 Å². The fourth-order valence-electron chi connectivity index (χ4n) is 2.22. The lowest BCUT2D eigenvalue weighted by Gasteiger charge is -2.23. The third-order valence-corrected chi connectivity index (χ3v) is 3.33. The van der Waals surface area contributed by atoms with Gasteiger partial charge in [0.2, 0.25) is 11.8 Å². The Labute approximate surface area is 110 Å². The third kappa shape index (κ3) is 3.08. The molecular formula is C11H17N5O3. The minimum absolute atomic E-state index is 0.0107. The van der Waals surface area contributed by atoms with Gasteiger partial charge in [-0.1, -0.05) is 0 Å². The molecule has 1 aliphatic rings. The number of hydrogen-bond donors (Lipinski definition) is 2. The van der Waals surface area contributed by atoms with Crippen LogP contribution in [0.1, 0.15) is 26.2 Å². The Morgan fingerprint density at radius 1 is 1.53 bits per heavy atom. The van der Waals surface area contributed by atoms with Crippen molar-refractivity contribution >= 4 is 17.5 Å². The molecule has 3 N–H and O–H groups in total. The van der Waals surface area contributed by atoms with Crippen LogP contribution in [-0.2, 0) is 0 Å². The summed E-state index contributed by atoms with van der Waals surface area (Å²) < 4.78 is 0. The Bertz CT molecular complexity index is 491. The Balaban J connectivity index is 2.30. The van der Waals surface area contributed by atoms with Gasteiger partial charge in [-0.25, -0.2) is 4.98 Å². The van der Waals surface area contributed by atoms with Crippen LogP contribution in [0, 0.1) is 10.1 Å². The van der Waals surface area contributed by atoms with Crippen LogP contribution in [0.25, 0.3) is 0 Å². The lowest BCUT2D eigenvalue weighted by atomic mass is 9.98. The minimum atomic E-state index is -0.734. The molecule has 1 aliphatic heterocycles. The molecule has 1 fully saturated rings. The summed E-state index contributed by atoms with van der Waals surface area (Å²) in [4.78, 5) is 19.9. The number of rotatable bonds is 2. The van der Waals surface area contributed by atoms with Gasteiger partial charge in [-0.2, -0.15) is 4.98 Å². The van der Waals surface area contributed by atoms with Crippen molar-refractivity contribution in [2.24, 2.45) is 0 Å². The molecule has 1 aromatic heterocycles. The van der Waals surface area contributed by atoms with Gasteiger partial charge in [-0.15, -0.1) is 0 Å². The summed E-state index contributed by atoms with van der Waals surface area (Å²) in [5.41, 5.74) is 4.62. The Morgan fingerprint density at radius 3 is 2.95 bits per heavy atom. The number of nitrogens with two attached hydrogens (primary N) is 1. The smallest absolute Gasteiger partial charge is 0.329 e. The van der Waals surface area contributed by atoms with Crippen LogP contribution in [0.15, 0.2) is 6.20 Å². The second-order valence-electron chi connectivity index (χ2n) is 5.03. The van der Waals surface area contributed by atoms with Crippen LogP contribution in [0.5, 0.6) is 0 Å². The monoisotopic (exact) mass is 267 g/mol. The van der Waals surface area contributed by atoms with Gasteiger partial charge in [0.15, 0.2) is 0 Å². The lowest BCUT2D eigenvalue weighted by Crippen LogP contribution is -2.29. The second kappa shape index (κ2) is 4.96. The van der Waals surface area contributed by atoms with Gasteiger partial charge in [0.25, 0.3) is 0 Å². The molecule has 2 heterocycles. The minimum Gasteiger partial charge on any atom is -0.390 e. The van der Waals surface area contributed by atoms with Crippen molar-refractivity contribution in [2.75, 3.05) is 23.7 Å². The zero-order chi connectivity index (χ0) is 14.0. The highest BCUT2D eigenvalue weighted by Gasteiger charge is 2.29. The van der Waals surface area contributed by atoms with E-state index in [4.69, 9.17) is 5.73 Å². The van der Waals surface area contributed by atoms with Crippen molar-refractivity contribution in [3.63, 3.8) is 0 Å². The van der Waals surface area contributed by atoms with E-state index in [1.165, 1.54) is 0 Å². The molecule has 104 valence electrons. The van der Waals surface area contributed by atoms with Crippen molar-refractivity contribution < 1.29 is 10.0 Å². The van der Waals surface area contributed by atoms with Crippen molar-refractivity contribution in [3.8, 4) is 0 Å². The summed E-state index contributed by atoms with van der Waals surface area (Å²) >= 11 is 0. The largest absolute Gasteiger partial charge is 0.390 e. The van der Waals surface area contributed by atoms with E-state index in [2.05, 4.69) is 9.97 Å². The standard InChI is InChI=1S/C11H17N5O3/c1-11(17)3-2-5-15(6-4-11)9-8(16(18)19)7-13-10(12)14-9/h7,17H,2-6H2,1H3,(H2,12,13,14). The van der Waals surface area contributed by atoms with Crippen LogP contribution >= 0.6 is 0 Å². The van der Waals surface area contributed by atoms with Crippen molar-refractivity contribution in [3.05, 3.63) is 16.3 Å². The molecule has 1 saturated heterocycles. The van der Waals surface area contributed by atoms with Crippen molar-refractivity contribution in [1.82, 2.24) is 9.97 Å². The van der Waals surface area contributed by atoms with Gasteiger partial charge in [0.1, 0.15) is 6.20 Å². The molecule has 0 radical (unpaired) electrons. The summed E-state index contributed by atoms with van der Waals surface area (Å²) in [5.74, 6) is 0.242. The zero-order valence-corrected chi connectivity index (χ0v) is 10.7. The number of aromatic nitrogens is 2. The predicted octanol–water partition coefficient (Wildman–Crippen LogP) is 0.708. The quantitative estimate of drug-likeness (QED) is 0.598. The normalized spacial score (nSPS) is 24.0. The molecule has 0 saturated carbocycles. The predicted molar refractivity (Wildman–Crippen MR) is 69.8 cm³/mol. The molecule has 2 rings (SSSR count). The van der Waals surface area contributed by atoms with Crippen molar-refractivity contribution in [1.29, 1.82) is 0 Å². The number of nitro groups is 1. The number of nitrogen functional groups attached to an aromatic ring is 1. The summed E-state index contributed by atoms with van der Waals surface area (Å²) in [7, 11) is 0. The third-order valence-electron chi connectivity index (χ3n) is 3.33. The lowest BCUT2D eigenvalue weighted by molar-refractivity contribution is -0.384. The van der Waals surface area contributed by atoms with E-state index in [0.717, 1.165) is 12.6 Å². The molecular weight excluding hydrogens is 250 g/mol. The van der Waals surface area contributed by atoms with Gasteiger partial charge in [-0.05, 0) is 26.2 Å². The van der Waals surface area contributed by atoms with Crippen LogP contribution in [0.2, 0.25) is 0 Å². The molecule has 8 heteroatoms. The van der Waals surface area contributed by atoms with E-state index in [9.17, 15) is 15.2 Å². The summed E-state index contributed by atoms with van der Waals surface area (Å²) in [6.07, 6.45) is 3.07. The zero-order valence-electron chi connectivity index (χ0n) is 10.7. The maximum absolute atomic E-state index is 11.0. The molecule has 0 bridgehead atoms. The highest BCUT2D eigenvalue weighted by Crippen LogP contribution is 2.29. The van der Waals surface area contributed by atoms with Gasteiger partial charge < -0.3 is 15.7 Å². The second-order valence-corrected chi connectivity index (χ2v) is 5.03. The van der Waals surface area contributed by atoms with Gasteiger partial charge >= 0.3 is 5.69 Å². The average Bonchev–Trinajstić information content (AvgIpc) is 2.49. The first kappa shape index (κ1) is 13.5. The van der Waals surface area contributed by atoms with E-state index < -0.39 is 10.5 Å². The molecule has 19 heavy (non-hydrogen) atoms. The topological polar surface area (TPSA) is 118 Å². The first-order valence-corrected chi connectivity index (χ1v) is 6.13. The fourth-order valence-corrected chi connectivity index (χ4v) is 2.22. The van der Waals surface area contributed by atoms with Crippen LogP contribution in [0.4, 0.5) is 17.5 Å². The number of nitrogens with zero attached hydrogens (tertiary/aromatic N) is 4. The molecule has 1 atom stereocenters. The molecule has 0 aliphatic carbocycles. The number of aliphatic hydroxyl groups is 1. The molecule has 0 spiro atoms. The fraction of sp³-hybridized carbons (Fsp3) is 0.636. The highest BCUT2D eigenvalue weighted by molar-refractivity contribution is 5.58. The van der Waals surface area contributed by atoms with Crippen LogP contribution in [0.3, 0.4) is 0 Å². The first-order chi connectivity index (χ1) is 8.89. The maximum Gasteiger partial charge on any atom is 0.329 e. The van der Waals surface area contributed by atoms with Gasteiger partial charge in [0, 0.05) is 13.1 Å². The summed E-state index contributed by atoms with van der Waals surface area (Å²) in [6, 6.07) is 0. The van der Waals surface area contributed by atoms with Gasteiger partial charge in [0.05, 0.1) is 10.5 Å². The molecule has 0 amide bonds. The van der Waals surface area contributed by atoms with E-state index in [1.807, 2.05) is 0 Å². The number of hydrogen-bond acceptors (Lipinski definition) is 7.